The van der Waals surface area contributed by atoms with Gasteiger partial charge in [-0.25, -0.2) is 0 Å². The van der Waals surface area contributed by atoms with E-state index in [4.69, 9.17) is 15.2 Å². The summed E-state index contributed by atoms with van der Waals surface area (Å²) in [6, 6.07) is 13.2. The standard InChI is InChI=1S/C19H20N2O3/c1-2-12-3-5-13(6-4-12)18-17(20)19(22)21(18)14-7-8-15-16(11-14)24-10-9-23-15/h3-8,11,17-18H,2,9-10,20H2,1H3/t17-,18-/m0/s1. The number of nitrogens with two attached hydrogens (primary N) is 1. The van der Waals surface area contributed by atoms with Crippen molar-refractivity contribution in [2.45, 2.75) is 25.4 Å². The Hall–Kier alpha value is -2.53. The summed E-state index contributed by atoms with van der Waals surface area (Å²) in [4.78, 5) is 14.1. The topological polar surface area (TPSA) is 64.8 Å². The molecule has 2 aliphatic rings. The average molecular weight is 324 g/mol. The molecule has 2 N–H and O–H groups in total. The zero-order valence-corrected chi connectivity index (χ0v) is 13.6. The van der Waals surface area contributed by atoms with Crippen molar-refractivity contribution in [2.75, 3.05) is 18.1 Å². The predicted molar refractivity (Wildman–Crippen MR) is 91.5 cm³/mol. The van der Waals surface area contributed by atoms with Crippen LogP contribution in [0.25, 0.3) is 0 Å². The molecule has 1 fully saturated rings. The van der Waals surface area contributed by atoms with Gasteiger partial charge in [0.25, 0.3) is 0 Å². The van der Waals surface area contributed by atoms with Gasteiger partial charge in [-0.15, -0.1) is 0 Å². The van der Waals surface area contributed by atoms with Gasteiger partial charge in [0, 0.05) is 11.8 Å². The molecule has 1 amide bonds. The number of carbonyl (C=O) groups excluding carboxylic acids is 1. The zero-order chi connectivity index (χ0) is 16.7. The normalized spacial score (nSPS) is 22.2. The first-order valence-corrected chi connectivity index (χ1v) is 8.26. The highest BCUT2D eigenvalue weighted by atomic mass is 16.6. The quantitative estimate of drug-likeness (QED) is 0.881. The molecule has 0 spiro atoms. The van der Waals surface area contributed by atoms with E-state index in [1.807, 2.05) is 18.2 Å². The van der Waals surface area contributed by atoms with Gasteiger partial charge in [-0.05, 0) is 29.7 Å². The van der Waals surface area contributed by atoms with Crippen LogP contribution in [0.5, 0.6) is 11.5 Å². The first-order valence-electron chi connectivity index (χ1n) is 8.26. The van der Waals surface area contributed by atoms with Crippen LogP contribution in [0.2, 0.25) is 0 Å². The highest BCUT2D eigenvalue weighted by Crippen LogP contribution is 2.42. The molecule has 4 rings (SSSR count). The maximum absolute atomic E-state index is 12.4. The molecule has 0 radical (unpaired) electrons. The molecule has 1 saturated heterocycles. The van der Waals surface area contributed by atoms with Crippen LogP contribution < -0.4 is 20.1 Å². The van der Waals surface area contributed by atoms with Crippen molar-refractivity contribution in [2.24, 2.45) is 5.73 Å². The molecule has 0 saturated carbocycles. The molecule has 2 aromatic carbocycles. The lowest BCUT2D eigenvalue weighted by molar-refractivity contribution is -0.126. The number of carbonyl (C=O) groups is 1. The Morgan fingerprint density at radius 1 is 1.08 bits per heavy atom. The lowest BCUT2D eigenvalue weighted by Gasteiger charge is -2.45. The number of anilines is 1. The number of ether oxygens (including phenoxy) is 2. The smallest absolute Gasteiger partial charge is 0.247 e. The fraction of sp³-hybridized carbons (Fsp3) is 0.316. The summed E-state index contributed by atoms with van der Waals surface area (Å²) in [6.07, 6.45) is 0.988. The molecule has 0 aliphatic carbocycles. The third-order valence-corrected chi connectivity index (χ3v) is 4.67. The van der Waals surface area contributed by atoms with Gasteiger partial charge >= 0.3 is 0 Å². The molecule has 5 nitrogen and oxygen atoms in total. The van der Waals surface area contributed by atoms with E-state index in [1.165, 1.54) is 5.56 Å². The largest absolute Gasteiger partial charge is 0.486 e. The summed E-state index contributed by atoms with van der Waals surface area (Å²) in [5.41, 5.74) is 9.19. The van der Waals surface area contributed by atoms with E-state index in [0.29, 0.717) is 24.7 Å². The number of amides is 1. The molecular formula is C19H20N2O3. The average Bonchev–Trinajstić information content (AvgIpc) is 2.65. The van der Waals surface area contributed by atoms with Crippen LogP contribution in [0, 0.1) is 0 Å². The van der Waals surface area contributed by atoms with E-state index in [0.717, 1.165) is 17.7 Å². The second kappa shape index (κ2) is 5.83. The first-order chi connectivity index (χ1) is 11.7. The fourth-order valence-corrected chi connectivity index (χ4v) is 3.29. The van der Waals surface area contributed by atoms with E-state index in [2.05, 4.69) is 31.2 Å². The summed E-state index contributed by atoms with van der Waals surface area (Å²) in [6.45, 7) is 3.19. The van der Waals surface area contributed by atoms with Crippen molar-refractivity contribution < 1.29 is 14.3 Å². The van der Waals surface area contributed by atoms with Crippen molar-refractivity contribution in [1.29, 1.82) is 0 Å². The lowest BCUT2D eigenvalue weighted by Crippen LogP contribution is -2.63. The maximum Gasteiger partial charge on any atom is 0.247 e. The third-order valence-electron chi connectivity index (χ3n) is 4.67. The summed E-state index contributed by atoms with van der Waals surface area (Å²) in [5.74, 6) is 1.31. The molecule has 2 aliphatic heterocycles. The minimum absolute atomic E-state index is 0.0729. The number of rotatable bonds is 3. The van der Waals surface area contributed by atoms with E-state index >= 15 is 0 Å². The summed E-state index contributed by atoms with van der Waals surface area (Å²) in [5, 5.41) is 0. The van der Waals surface area contributed by atoms with Crippen molar-refractivity contribution in [3.63, 3.8) is 0 Å². The van der Waals surface area contributed by atoms with Gasteiger partial charge in [-0.3, -0.25) is 4.79 Å². The zero-order valence-electron chi connectivity index (χ0n) is 13.6. The fourth-order valence-electron chi connectivity index (χ4n) is 3.29. The monoisotopic (exact) mass is 324 g/mol. The van der Waals surface area contributed by atoms with Crippen LogP contribution in [-0.4, -0.2) is 25.2 Å². The highest BCUT2D eigenvalue weighted by molar-refractivity contribution is 6.05. The highest BCUT2D eigenvalue weighted by Gasteiger charge is 2.46. The Labute approximate surface area is 141 Å². The van der Waals surface area contributed by atoms with Crippen LogP contribution in [-0.2, 0) is 11.2 Å². The molecule has 5 heteroatoms. The number of β-lactam (4-membered cyclic amide) rings is 1. The molecule has 124 valence electrons. The minimum Gasteiger partial charge on any atom is -0.486 e. The number of aryl methyl sites for hydroxylation is 1. The van der Waals surface area contributed by atoms with E-state index in [1.54, 1.807) is 4.90 Å². The summed E-state index contributed by atoms with van der Waals surface area (Å²) in [7, 11) is 0. The number of benzene rings is 2. The number of nitrogens with zero attached hydrogens (tertiary/aromatic N) is 1. The van der Waals surface area contributed by atoms with E-state index in [-0.39, 0.29) is 11.9 Å². The minimum atomic E-state index is -0.509. The SMILES string of the molecule is CCc1ccc([C@H]2[C@H](N)C(=O)N2c2ccc3c(c2)OCCO3)cc1. The number of fused-ring (bicyclic) bond motifs is 1. The molecule has 2 heterocycles. The molecular weight excluding hydrogens is 304 g/mol. The molecule has 2 aromatic rings. The van der Waals surface area contributed by atoms with Crippen molar-refractivity contribution in [3.05, 3.63) is 53.6 Å². The predicted octanol–water partition coefficient (Wildman–Crippen LogP) is 2.44. The lowest BCUT2D eigenvalue weighted by atomic mass is 9.88. The number of hydrogen-bond donors (Lipinski definition) is 1. The second-order valence-corrected chi connectivity index (χ2v) is 6.10. The van der Waals surface area contributed by atoms with Gasteiger partial charge in [0.15, 0.2) is 11.5 Å². The Kier molecular flexibility index (Phi) is 3.65. The Morgan fingerprint density at radius 3 is 2.50 bits per heavy atom. The molecule has 0 bridgehead atoms. The summed E-state index contributed by atoms with van der Waals surface area (Å²) >= 11 is 0. The van der Waals surface area contributed by atoms with Crippen LogP contribution in [0.4, 0.5) is 5.69 Å². The van der Waals surface area contributed by atoms with Gasteiger partial charge in [-0.1, -0.05) is 31.2 Å². The Bertz CT molecular complexity index is 773. The van der Waals surface area contributed by atoms with Gasteiger partial charge in [0.1, 0.15) is 19.3 Å². The van der Waals surface area contributed by atoms with E-state index in [9.17, 15) is 4.79 Å². The van der Waals surface area contributed by atoms with E-state index < -0.39 is 6.04 Å². The maximum atomic E-state index is 12.4. The second-order valence-electron chi connectivity index (χ2n) is 6.10. The number of hydrogen-bond acceptors (Lipinski definition) is 4. The van der Waals surface area contributed by atoms with Crippen LogP contribution >= 0.6 is 0 Å². The molecule has 2 atom stereocenters. The van der Waals surface area contributed by atoms with Gasteiger partial charge < -0.3 is 20.1 Å². The molecule has 0 aromatic heterocycles. The van der Waals surface area contributed by atoms with Gasteiger partial charge in [0.2, 0.25) is 5.91 Å². The van der Waals surface area contributed by atoms with Crippen LogP contribution in [0.3, 0.4) is 0 Å². The third kappa shape index (κ3) is 2.32. The Balaban J connectivity index is 1.66. The van der Waals surface area contributed by atoms with Crippen LogP contribution in [0.15, 0.2) is 42.5 Å². The van der Waals surface area contributed by atoms with Gasteiger partial charge in [0.05, 0.1) is 6.04 Å². The van der Waals surface area contributed by atoms with Crippen molar-refractivity contribution in [3.8, 4) is 11.5 Å². The summed E-state index contributed by atoms with van der Waals surface area (Å²) < 4.78 is 11.2. The van der Waals surface area contributed by atoms with Crippen molar-refractivity contribution in [1.82, 2.24) is 0 Å². The Morgan fingerprint density at radius 2 is 1.79 bits per heavy atom. The van der Waals surface area contributed by atoms with Crippen molar-refractivity contribution >= 4 is 11.6 Å². The first kappa shape index (κ1) is 15.0. The molecule has 0 unspecified atom stereocenters. The van der Waals surface area contributed by atoms with Gasteiger partial charge in [-0.2, -0.15) is 0 Å². The van der Waals surface area contributed by atoms with Crippen LogP contribution in [0.1, 0.15) is 24.1 Å². The molecule has 24 heavy (non-hydrogen) atoms.